The summed E-state index contributed by atoms with van der Waals surface area (Å²) < 4.78 is 5.26. The van der Waals surface area contributed by atoms with Gasteiger partial charge in [-0.2, -0.15) is 0 Å². The number of carbonyl (C=O) groups excluding carboxylic acids is 1. The van der Waals surface area contributed by atoms with Crippen molar-refractivity contribution in [3.05, 3.63) is 39.5 Å². The summed E-state index contributed by atoms with van der Waals surface area (Å²) in [5, 5.41) is 12.4. The fourth-order valence-electron chi connectivity index (χ4n) is 3.70. The minimum Gasteiger partial charge on any atom is -0.481 e. The van der Waals surface area contributed by atoms with E-state index in [4.69, 9.17) is 4.74 Å². The van der Waals surface area contributed by atoms with E-state index >= 15 is 0 Å². The number of fused-ring (bicyclic) bond motifs is 1. The molecule has 0 saturated heterocycles. The van der Waals surface area contributed by atoms with E-state index in [9.17, 15) is 14.7 Å². The fraction of sp³-hybridized carbons (Fsp3) is 0.524. The number of carbonyl (C=O) groups is 2. The highest BCUT2D eigenvalue weighted by Crippen LogP contribution is 2.37. The Balaban J connectivity index is 2.48. The van der Waals surface area contributed by atoms with Crippen LogP contribution >= 0.6 is 0 Å². The largest absolute Gasteiger partial charge is 0.481 e. The summed E-state index contributed by atoms with van der Waals surface area (Å²) in [4.78, 5) is 23.5. The van der Waals surface area contributed by atoms with Crippen LogP contribution in [0.1, 0.15) is 60.3 Å². The number of nitrogens with one attached hydrogen (secondary N) is 1. The summed E-state index contributed by atoms with van der Waals surface area (Å²) >= 11 is 0. The van der Waals surface area contributed by atoms with Gasteiger partial charge in [-0.05, 0) is 49.3 Å². The van der Waals surface area contributed by atoms with E-state index in [1.54, 1.807) is 6.92 Å². The number of ether oxygens (including phenoxy) is 1. The van der Waals surface area contributed by atoms with Crippen molar-refractivity contribution in [2.45, 2.75) is 54.1 Å². The van der Waals surface area contributed by atoms with Crippen LogP contribution in [0.3, 0.4) is 0 Å². The molecule has 1 aromatic rings. The molecule has 1 aliphatic rings. The monoisotopic (exact) mass is 359 g/mol. The molecule has 1 aliphatic heterocycles. The first-order valence-corrected chi connectivity index (χ1v) is 9.15. The van der Waals surface area contributed by atoms with E-state index in [1.807, 2.05) is 27.8 Å². The zero-order chi connectivity index (χ0) is 19.6. The van der Waals surface area contributed by atoms with Gasteiger partial charge in [0.2, 0.25) is 0 Å². The Morgan fingerprint density at radius 1 is 1.31 bits per heavy atom. The number of hydrogen-bond acceptors (Lipinski definition) is 4. The molecule has 1 heterocycles. The van der Waals surface area contributed by atoms with Gasteiger partial charge in [-0.3, -0.25) is 4.79 Å². The van der Waals surface area contributed by atoms with Gasteiger partial charge in [0.15, 0.2) is 0 Å². The number of aliphatic carboxylic acids is 1. The van der Waals surface area contributed by atoms with Gasteiger partial charge in [0, 0.05) is 12.6 Å². The maximum atomic E-state index is 12.2. The fourth-order valence-corrected chi connectivity index (χ4v) is 3.70. The van der Waals surface area contributed by atoms with Crippen molar-refractivity contribution in [1.82, 2.24) is 0 Å². The first-order valence-electron chi connectivity index (χ1n) is 9.15. The van der Waals surface area contributed by atoms with E-state index in [0.717, 1.165) is 34.4 Å². The van der Waals surface area contributed by atoms with Crippen molar-refractivity contribution >= 4 is 17.6 Å². The summed E-state index contributed by atoms with van der Waals surface area (Å²) in [5.41, 5.74) is 6.97. The molecular weight excluding hydrogens is 330 g/mol. The van der Waals surface area contributed by atoms with Gasteiger partial charge in [-0.25, -0.2) is 4.79 Å². The third-order valence-electron chi connectivity index (χ3n) is 5.76. The maximum Gasteiger partial charge on any atom is 0.341 e. The van der Waals surface area contributed by atoms with Gasteiger partial charge in [-0.1, -0.05) is 32.4 Å². The van der Waals surface area contributed by atoms with Gasteiger partial charge in [0.05, 0.1) is 17.2 Å². The molecule has 5 nitrogen and oxygen atoms in total. The van der Waals surface area contributed by atoms with E-state index in [-0.39, 0.29) is 11.9 Å². The van der Waals surface area contributed by atoms with Gasteiger partial charge in [0.1, 0.15) is 6.61 Å². The lowest BCUT2D eigenvalue weighted by Gasteiger charge is -2.20. The molecule has 0 aliphatic carbocycles. The zero-order valence-electron chi connectivity index (χ0n) is 16.5. The number of anilines is 1. The summed E-state index contributed by atoms with van der Waals surface area (Å²) in [5.74, 6) is -1.54. The summed E-state index contributed by atoms with van der Waals surface area (Å²) in [6.45, 7) is 10.1. The molecule has 2 N–H and O–H groups in total. The van der Waals surface area contributed by atoms with Gasteiger partial charge < -0.3 is 15.2 Å². The minimum absolute atomic E-state index is 0.0453. The van der Waals surface area contributed by atoms with Crippen LogP contribution in [0.2, 0.25) is 0 Å². The topological polar surface area (TPSA) is 75.6 Å². The van der Waals surface area contributed by atoms with E-state index < -0.39 is 11.9 Å². The second kappa shape index (κ2) is 7.94. The van der Waals surface area contributed by atoms with Crippen molar-refractivity contribution in [2.24, 2.45) is 11.8 Å². The average Bonchev–Trinajstić information content (AvgIpc) is 3.00. The third kappa shape index (κ3) is 3.48. The van der Waals surface area contributed by atoms with E-state index in [1.165, 1.54) is 5.56 Å². The van der Waals surface area contributed by atoms with Crippen LogP contribution in [0.15, 0.2) is 11.6 Å². The number of carboxylic acids is 1. The predicted octanol–water partition coefficient (Wildman–Crippen LogP) is 4.12. The molecule has 0 radical (unpaired) electrons. The molecular formula is C21H29NO4. The van der Waals surface area contributed by atoms with Crippen LogP contribution in [-0.4, -0.2) is 24.1 Å². The predicted molar refractivity (Wildman–Crippen MR) is 103 cm³/mol. The Labute approximate surface area is 155 Å². The standard InChI is InChI=1S/C21H29NO4/c1-7-15-14(5)17-10-26-21(25)18(17)19(22-6)16(15)9-8-11(2)12(3)13(4)20(23)24/h8,12-13,22H,7,9-10H2,1-6H3,(H,23,24)/b11-8+. The van der Waals surface area contributed by atoms with E-state index in [2.05, 4.69) is 18.3 Å². The number of esters is 1. The number of hydrogen-bond donors (Lipinski definition) is 2. The quantitative estimate of drug-likeness (QED) is 0.566. The van der Waals surface area contributed by atoms with Crippen LogP contribution < -0.4 is 5.32 Å². The summed E-state index contributed by atoms with van der Waals surface area (Å²) in [7, 11) is 1.82. The third-order valence-corrected chi connectivity index (χ3v) is 5.76. The average molecular weight is 359 g/mol. The minimum atomic E-state index is -0.786. The van der Waals surface area contributed by atoms with Crippen molar-refractivity contribution in [3.63, 3.8) is 0 Å². The van der Waals surface area contributed by atoms with Crippen LogP contribution in [0.4, 0.5) is 5.69 Å². The van der Waals surface area contributed by atoms with Gasteiger partial charge >= 0.3 is 11.9 Å². The molecule has 0 spiro atoms. The molecule has 0 saturated carbocycles. The second-order valence-corrected chi connectivity index (χ2v) is 7.06. The van der Waals surface area contributed by atoms with Crippen LogP contribution in [0.5, 0.6) is 0 Å². The Hall–Kier alpha value is -2.30. The Morgan fingerprint density at radius 2 is 1.96 bits per heavy atom. The zero-order valence-corrected chi connectivity index (χ0v) is 16.5. The SMILES string of the molecule is CCc1c(C)c2c(c(NC)c1C/C=C(\C)C(C)C(C)C(=O)O)C(=O)OC2. The lowest BCUT2D eigenvalue weighted by Crippen LogP contribution is -2.19. The lowest BCUT2D eigenvalue weighted by molar-refractivity contribution is -0.142. The Kier molecular flexibility index (Phi) is 6.11. The molecule has 2 unspecified atom stereocenters. The molecule has 5 heteroatoms. The maximum absolute atomic E-state index is 12.2. The number of benzene rings is 1. The molecule has 0 bridgehead atoms. The number of carboxylic acid groups (broad SMARTS) is 1. The summed E-state index contributed by atoms with van der Waals surface area (Å²) in [6, 6.07) is 0. The first-order chi connectivity index (χ1) is 12.2. The molecule has 2 atom stereocenters. The number of cyclic esters (lactones) is 1. The highest BCUT2D eigenvalue weighted by molar-refractivity contribution is 6.01. The van der Waals surface area contributed by atoms with Gasteiger partial charge in [0.25, 0.3) is 0 Å². The molecule has 2 rings (SSSR count). The molecule has 0 fully saturated rings. The number of rotatable bonds is 7. The van der Waals surface area contributed by atoms with Crippen molar-refractivity contribution in [2.75, 3.05) is 12.4 Å². The second-order valence-electron chi connectivity index (χ2n) is 7.06. The Bertz CT molecular complexity index is 764. The Morgan fingerprint density at radius 3 is 2.50 bits per heavy atom. The van der Waals surface area contributed by atoms with Crippen molar-refractivity contribution in [1.29, 1.82) is 0 Å². The van der Waals surface area contributed by atoms with Crippen molar-refractivity contribution in [3.8, 4) is 0 Å². The highest BCUT2D eigenvalue weighted by atomic mass is 16.5. The molecule has 26 heavy (non-hydrogen) atoms. The van der Waals surface area contributed by atoms with Gasteiger partial charge in [-0.15, -0.1) is 0 Å². The summed E-state index contributed by atoms with van der Waals surface area (Å²) in [6.07, 6.45) is 3.61. The highest BCUT2D eigenvalue weighted by Gasteiger charge is 2.30. The molecule has 0 aromatic heterocycles. The smallest absolute Gasteiger partial charge is 0.341 e. The number of allylic oxidation sites excluding steroid dienone is 2. The normalized spacial score (nSPS) is 16.1. The molecule has 1 aromatic carbocycles. The lowest BCUT2D eigenvalue weighted by atomic mass is 9.86. The molecule has 0 amide bonds. The van der Waals surface area contributed by atoms with Crippen LogP contribution in [0.25, 0.3) is 0 Å². The van der Waals surface area contributed by atoms with Crippen molar-refractivity contribution < 1.29 is 19.4 Å². The van der Waals surface area contributed by atoms with Crippen LogP contribution in [-0.2, 0) is 29.0 Å². The molecule has 142 valence electrons. The first kappa shape index (κ1) is 20.0. The van der Waals surface area contributed by atoms with E-state index in [0.29, 0.717) is 18.6 Å². The van der Waals surface area contributed by atoms with Crippen LogP contribution in [0, 0.1) is 18.8 Å².